The summed E-state index contributed by atoms with van der Waals surface area (Å²) >= 11 is 1.85. The summed E-state index contributed by atoms with van der Waals surface area (Å²) in [4.78, 5) is 4.37. The van der Waals surface area contributed by atoms with Crippen molar-refractivity contribution in [3.63, 3.8) is 0 Å². The van der Waals surface area contributed by atoms with Crippen LogP contribution in [0.4, 0.5) is 0 Å². The van der Waals surface area contributed by atoms with Gasteiger partial charge < -0.3 is 5.32 Å². The third-order valence-electron chi connectivity index (χ3n) is 1.79. The molecule has 0 amide bonds. The largest absolute Gasteiger partial charge is 0.362 e. The Labute approximate surface area is 72.9 Å². The van der Waals surface area contributed by atoms with Crippen LogP contribution in [0.15, 0.2) is 4.99 Å². The molecule has 0 spiro atoms. The molecule has 0 aliphatic carbocycles. The van der Waals surface area contributed by atoms with Gasteiger partial charge in [-0.2, -0.15) is 0 Å². The quantitative estimate of drug-likeness (QED) is 0.687. The summed E-state index contributed by atoms with van der Waals surface area (Å²) in [5, 5.41) is 5.17. The Bertz CT molecular complexity index is 156. The highest BCUT2D eigenvalue weighted by Gasteiger charge is 2.15. The number of thioether (sulfide) groups is 1. The molecule has 11 heavy (non-hydrogen) atoms. The minimum absolute atomic E-state index is 0.562. The van der Waals surface area contributed by atoms with Gasteiger partial charge in [0.05, 0.1) is 6.54 Å². The third-order valence-corrected chi connectivity index (χ3v) is 2.81. The molecule has 0 radical (unpaired) electrons. The lowest BCUT2D eigenvalue weighted by molar-refractivity contribution is 0.646. The topological polar surface area (TPSA) is 24.4 Å². The van der Waals surface area contributed by atoms with Gasteiger partial charge in [0.15, 0.2) is 5.17 Å². The molecule has 0 unspecified atom stereocenters. The minimum Gasteiger partial charge on any atom is -0.362 e. The van der Waals surface area contributed by atoms with E-state index >= 15 is 0 Å². The number of nitrogens with one attached hydrogen (secondary N) is 1. The van der Waals surface area contributed by atoms with E-state index in [1.807, 2.05) is 11.8 Å². The fourth-order valence-electron chi connectivity index (χ4n) is 0.869. The Morgan fingerprint density at radius 2 is 2.55 bits per heavy atom. The fraction of sp³-hybridized carbons (Fsp3) is 0.875. The lowest BCUT2D eigenvalue weighted by Gasteiger charge is -2.11. The summed E-state index contributed by atoms with van der Waals surface area (Å²) in [6, 6.07) is 0.562. The molecule has 64 valence electrons. The molecule has 1 aliphatic heterocycles. The predicted molar refractivity (Wildman–Crippen MR) is 52.2 cm³/mol. The normalized spacial score (nSPS) is 26.5. The monoisotopic (exact) mass is 172 g/mol. The summed E-state index contributed by atoms with van der Waals surface area (Å²) < 4.78 is 0. The average Bonchev–Trinajstić information content (AvgIpc) is 2.35. The van der Waals surface area contributed by atoms with Gasteiger partial charge in [-0.3, -0.25) is 4.99 Å². The molecule has 3 heteroatoms. The molecule has 0 bridgehead atoms. The van der Waals surface area contributed by atoms with E-state index < -0.39 is 0 Å². The van der Waals surface area contributed by atoms with Crippen molar-refractivity contribution in [2.75, 3.05) is 6.54 Å². The van der Waals surface area contributed by atoms with Crippen LogP contribution in [0, 0.1) is 0 Å². The lowest BCUT2D eigenvalue weighted by atomic mass is 10.3. The van der Waals surface area contributed by atoms with E-state index in [-0.39, 0.29) is 0 Å². The highest BCUT2D eigenvalue weighted by molar-refractivity contribution is 8.14. The Kier molecular flexibility index (Phi) is 3.24. The standard InChI is InChI=1S/C8H16N2S/c1-4-6(2)10-8-9-5-7(3)11-8/h6-7H,4-5H2,1-3H3,(H,9,10)/t6-,7-/m1/s1. The summed E-state index contributed by atoms with van der Waals surface area (Å²) in [6.45, 7) is 7.55. The molecule has 2 atom stereocenters. The van der Waals surface area contributed by atoms with Crippen LogP contribution in [-0.2, 0) is 0 Å². The molecule has 0 saturated heterocycles. The van der Waals surface area contributed by atoms with Crippen LogP contribution in [0.1, 0.15) is 27.2 Å². The molecule has 1 N–H and O–H groups in total. The van der Waals surface area contributed by atoms with Gasteiger partial charge in [0.1, 0.15) is 0 Å². The molecule has 2 nitrogen and oxygen atoms in total. The van der Waals surface area contributed by atoms with Crippen molar-refractivity contribution in [1.82, 2.24) is 5.32 Å². The van der Waals surface area contributed by atoms with Gasteiger partial charge in [0, 0.05) is 11.3 Å². The van der Waals surface area contributed by atoms with Crippen molar-refractivity contribution in [3.05, 3.63) is 0 Å². The number of rotatable bonds is 2. The molecule has 1 heterocycles. The average molecular weight is 172 g/mol. The zero-order chi connectivity index (χ0) is 8.27. The fourth-order valence-corrected chi connectivity index (χ4v) is 1.82. The van der Waals surface area contributed by atoms with Gasteiger partial charge in [-0.15, -0.1) is 0 Å². The molecular weight excluding hydrogens is 156 g/mol. The Balaban J connectivity index is 2.27. The van der Waals surface area contributed by atoms with Crippen molar-refractivity contribution in [2.24, 2.45) is 4.99 Å². The van der Waals surface area contributed by atoms with E-state index in [2.05, 4.69) is 31.1 Å². The zero-order valence-corrected chi connectivity index (χ0v) is 8.24. The maximum absolute atomic E-state index is 4.37. The second-order valence-electron chi connectivity index (χ2n) is 3.03. The van der Waals surface area contributed by atoms with E-state index in [0.717, 1.165) is 18.1 Å². The lowest BCUT2D eigenvalue weighted by Crippen LogP contribution is -2.29. The molecular formula is C8H16N2S. The van der Waals surface area contributed by atoms with Crippen molar-refractivity contribution in [1.29, 1.82) is 0 Å². The minimum atomic E-state index is 0.562. The summed E-state index contributed by atoms with van der Waals surface area (Å²) in [5.74, 6) is 0. The van der Waals surface area contributed by atoms with Crippen LogP contribution in [0.2, 0.25) is 0 Å². The van der Waals surface area contributed by atoms with Crippen LogP contribution < -0.4 is 5.32 Å². The van der Waals surface area contributed by atoms with E-state index in [4.69, 9.17) is 0 Å². The first-order valence-corrected chi connectivity index (χ1v) is 5.08. The Hall–Kier alpha value is -0.180. The van der Waals surface area contributed by atoms with Crippen LogP contribution in [0.25, 0.3) is 0 Å². The second-order valence-corrected chi connectivity index (χ2v) is 4.46. The van der Waals surface area contributed by atoms with E-state index in [1.54, 1.807) is 0 Å². The maximum Gasteiger partial charge on any atom is 0.157 e. The molecule has 0 saturated carbocycles. The van der Waals surface area contributed by atoms with Gasteiger partial charge in [-0.25, -0.2) is 0 Å². The maximum atomic E-state index is 4.37. The molecule has 1 rings (SSSR count). The highest BCUT2D eigenvalue weighted by Crippen LogP contribution is 2.18. The molecule has 0 fully saturated rings. The summed E-state index contributed by atoms with van der Waals surface area (Å²) in [6.07, 6.45) is 1.16. The molecule has 0 aromatic heterocycles. The van der Waals surface area contributed by atoms with Gasteiger partial charge in [-0.05, 0) is 13.3 Å². The van der Waals surface area contributed by atoms with E-state index in [9.17, 15) is 0 Å². The van der Waals surface area contributed by atoms with Crippen molar-refractivity contribution < 1.29 is 0 Å². The van der Waals surface area contributed by atoms with Gasteiger partial charge in [0.2, 0.25) is 0 Å². The third kappa shape index (κ3) is 2.73. The van der Waals surface area contributed by atoms with Crippen LogP contribution >= 0.6 is 11.8 Å². The first-order valence-electron chi connectivity index (χ1n) is 4.20. The van der Waals surface area contributed by atoms with E-state index in [0.29, 0.717) is 11.3 Å². The molecule has 0 aromatic carbocycles. The Morgan fingerprint density at radius 1 is 1.82 bits per heavy atom. The number of hydrogen-bond donors (Lipinski definition) is 1. The SMILES string of the molecule is CC[C@@H](C)NC1=NC[C@@H](C)S1. The van der Waals surface area contributed by atoms with Crippen molar-refractivity contribution in [2.45, 2.75) is 38.5 Å². The molecule has 0 aromatic rings. The Morgan fingerprint density at radius 3 is 3.00 bits per heavy atom. The van der Waals surface area contributed by atoms with Gasteiger partial charge >= 0.3 is 0 Å². The second kappa shape index (κ2) is 4.00. The van der Waals surface area contributed by atoms with Crippen LogP contribution in [0.3, 0.4) is 0 Å². The van der Waals surface area contributed by atoms with E-state index in [1.165, 1.54) is 0 Å². The van der Waals surface area contributed by atoms with Crippen molar-refractivity contribution in [3.8, 4) is 0 Å². The number of hydrogen-bond acceptors (Lipinski definition) is 3. The van der Waals surface area contributed by atoms with Gasteiger partial charge in [0.25, 0.3) is 0 Å². The first kappa shape index (κ1) is 8.91. The van der Waals surface area contributed by atoms with Crippen LogP contribution in [0.5, 0.6) is 0 Å². The first-order chi connectivity index (χ1) is 5.22. The predicted octanol–water partition coefficient (Wildman–Crippen LogP) is 1.87. The van der Waals surface area contributed by atoms with Crippen molar-refractivity contribution >= 4 is 16.9 Å². The zero-order valence-electron chi connectivity index (χ0n) is 7.42. The summed E-state index contributed by atoms with van der Waals surface area (Å²) in [7, 11) is 0. The summed E-state index contributed by atoms with van der Waals surface area (Å²) in [5.41, 5.74) is 0. The highest BCUT2D eigenvalue weighted by atomic mass is 32.2. The van der Waals surface area contributed by atoms with Gasteiger partial charge in [-0.1, -0.05) is 25.6 Å². The number of amidine groups is 1. The smallest absolute Gasteiger partial charge is 0.157 e. The van der Waals surface area contributed by atoms with Crippen LogP contribution in [-0.4, -0.2) is 23.0 Å². The number of nitrogens with zero attached hydrogens (tertiary/aromatic N) is 1. The number of aliphatic imine (C=N–C) groups is 1. The molecule has 1 aliphatic rings.